The molecule has 8 heavy (non-hydrogen) atoms. The molecule has 0 aliphatic carbocycles. The van der Waals surface area contributed by atoms with Crippen molar-refractivity contribution in [3.63, 3.8) is 0 Å². The first-order valence-electron chi connectivity index (χ1n) is 1.70. The minimum atomic E-state index is -3.09. The summed E-state index contributed by atoms with van der Waals surface area (Å²) < 4.78 is 33.6. The van der Waals surface area contributed by atoms with Gasteiger partial charge < -0.3 is 0 Å². The van der Waals surface area contributed by atoms with Crippen LogP contribution in [-0.4, -0.2) is 12.2 Å². The van der Waals surface area contributed by atoms with Crippen LogP contribution in [-0.2, 0) is 0 Å². The fourth-order valence-electron chi connectivity index (χ4n) is 0. The molecule has 0 saturated heterocycles. The largest absolute Gasteiger partial charge is 0.295 e. The summed E-state index contributed by atoms with van der Waals surface area (Å²) in [4.78, 5) is 0. The van der Waals surface area contributed by atoms with Gasteiger partial charge in [0.05, 0.1) is 0 Å². The average Bonchev–Trinajstić information content (AvgIpc) is 1.31. The van der Waals surface area contributed by atoms with Crippen LogP contribution in [0.15, 0.2) is 0 Å². The predicted octanol–water partition coefficient (Wildman–Crippen LogP) is 1.32. The van der Waals surface area contributed by atoms with Crippen LogP contribution < -0.4 is 5.73 Å². The maximum atomic E-state index is 11.5. The van der Waals surface area contributed by atoms with E-state index < -0.39 is 12.2 Å². The van der Waals surface area contributed by atoms with Crippen molar-refractivity contribution < 1.29 is 13.2 Å². The molecule has 0 rings (SSSR count). The van der Waals surface area contributed by atoms with E-state index in [0.29, 0.717) is 6.92 Å². The first-order chi connectivity index (χ1) is 2.94. The van der Waals surface area contributed by atoms with Gasteiger partial charge in [-0.3, -0.25) is 5.73 Å². The van der Waals surface area contributed by atoms with Crippen molar-refractivity contribution in [3.8, 4) is 0 Å². The van der Waals surface area contributed by atoms with E-state index in [9.17, 15) is 13.2 Å². The van der Waals surface area contributed by atoms with Crippen molar-refractivity contribution in [1.82, 2.24) is 0 Å². The summed E-state index contributed by atoms with van der Waals surface area (Å²) in [5, 5.41) is 0. The van der Waals surface area contributed by atoms with Gasteiger partial charge in [-0.25, -0.2) is 13.2 Å². The number of halogens is 4. The molecule has 0 aromatic rings. The van der Waals surface area contributed by atoms with Gasteiger partial charge >= 0.3 is 0 Å². The van der Waals surface area contributed by atoms with Crippen molar-refractivity contribution in [3.05, 3.63) is 0 Å². The van der Waals surface area contributed by atoms with E-state index in [-0.39, 0.29) is 12.4 Å². The molecule has 0 aromatic carbocycles. The zero-order valence-corrected chi connectivity index (χ0v) is 5.01. The monoisotopic (exact) mass is 149 g/mol. The Balaban J connectivity index is 0. The maximum absolute atomic E-state index is 11.5. The van der Waals surface area contributed by atoms with Gasteiger partial charge in [-0.05, 0) is 6.92 Å². The number of hydrogen-bond donors (Lipinski definition) is 1. The Morgan fingerprint density at radius 1 is 1.50 bits per heavy atom. The highest BCUT2D eigenvalue weighted by atomic mass is 35.5. The van der Waals surface area contributed by atoms with Crippen LogP contribution in [0.2, 0.25) is 0 Å². The maximum Gasteiger partial charge on any atom is 0.284 e. The molecule has 0 bridgehead atoms. The zero-order chi connectivity index (χ0) is 6.08. The van der Waals surface area contributed by atoms with Crippen molar-refractivity contribution in [2.24, 2.45) is 5.73 Å². The van der Waals surface area contributed by atoms with Crippen molar-refractivity contribution in [1.29, 1.82) is 0 Å². The molecule has 0 spiro atoms. The Bertz CT molecular complexity index is 60.0. The van der Waals surface area contributed by atoms with Gasteiger partial charge in [-0.15, -0.1) is 12.4 Å². The standard InChI is InChI=1S/C3H6F3N.ClH/c1-3(6,7)2(4)5;/h2H,7H2,1H3;1H/t3-;/m0./s1. The highest BCUT2D eigenvalue weighted by molar-refractivity contribution is 5.85. The van der Waals surface area contributed by atoms with Gasteiger partial charge in [-0.1, -0.05) is 0 Å². The minimum absolute atomic E-state index is 0. The normalized spacial score (nSPS) is 17.2. The van der Waals surface area contributed by atoms with Crippen LogP contribution in [0.25, 0.3) is 0 Å². The molecule has 0 aromatic heterocycles. The van der Waals surface area contributed by atoms with Crippen LogP contribution in [0.4, 0.5) is 13.2 Å². The van der Waals surface area contributed by atoms with Gasteiger partial charge in [0.25, 0.3) is 6.43 Å². The summed E-state index contributed by atoms with van der Waals surface area (Å²) in [5.74, 6) is -2.83. The Kier molecular flexibility index (Phi) is 4.29. The quantitative estimate of drug-likeness (QED) is 0.559. The van der Waals surface area contributed by atoms with Gasteiger partial charge in [0.1, 0.15) is 0 Å². The summed E-state index contributed by atoms with van der Waals surface area (Å²) in [5.41, 5.74) is 4.26. The molecule has 52 valence electrons. The predicted molar refractivity (Wildman–Crippen MR) is 27.0 cm³/mol. The van der Waals surface area contributed by atoms with Crippen molar-refractivity contribution >= 4 is 12.4 Å². The van der Waals surface area contributed by atoms with Crippen molar-refractivity contribution in [2.45, 2.75) is 19.1 Å². The summed E-state index contributed by atoms with van der Waals surface area (Å²) in [6.07, 6.45) is -3.09. The van der Waals surface area contributed by atoms with E-state index in [4.69, 9.17) is 0 Å². The van der Waals surface area contributed by atoms with Crippen LogP contribution in [0.5, 0.6) is 0 Å². The van der Waals surface area contributed by atoms with Crippen LogP contribution in [0.3, 0.4) is 0 Å². The lowest BCUT2D eigenvalue weighted by molar-refractivity contribution is -0.0176. The second kappa shape index (κ2) is 3.14. The van der Waals surface area contributed by atoms with Gasteiger partial charge in [0.2, 0.25) is 5.79 Å². The summed E-state index contributed by atoms with van der Waals surface area (Å²) in [6, 6.07) is 0. The molecule has 1 atom stereocenters. The van der Waals surface area contributed by atoms with Crippen LogP contribution in [0, 0.1) is 0 Å². The van der Waals surface area contributed by atoms with E-state index in [1.54, 1.807) is 0 Å². The van der Waals surface area contributed by atoms with Crippen LogP contribution in [0.1, 0.15) is 6.92 Å². The Labute approximate surface area is 51.5 Å². The first-order valence-corrected chi connectivity index (χ1v) is 1.70. The van der Waals surface area contributed by atoms with E-state index in [0.717, 1.165) is 0 Å². The first kappa shape index (κ1) is 10.9. The molecule has 0 fully saturated rings. The summed E-state index contributed by atoms with van der Waals surface area (Å²) in [7, 11) is 0. The Morgan fingerprint density at radius 2 is 1.62 bits per heavy atom. The fourth-order valence-corrected chi connectivity index (χ4v) is 0. The molecule has 2 N–H and O–H groups in total. The van der Waals surface area contributed by atoms with Gasteiger partial charge in [0, 0.05) is 0 Å². The molecule has 1 nitrogen and oxygen atoms in total. The second-order valence-electron chi connectivity index (χ2n) is 1.45. The second-order valence-corrected chi connectivity index (χ2v) is 1.45. The number of nitrogens with two attached hydrogens (primary N) is 1. The minimum Gasteiger partial charge on any atom is -0.295 e. The van der Waals surface area contributed by atoms with Gasteiger partial charge in [-0.2, -0.15) is 0 Å². The summed E-state index contributed by atoms with van der Waals surface area (Å²) in [6.45, 7) is 0.623. The lowest BCUT2D eigenvalue weighted by atomic mass is 10.3. The molecular formula is C3H7ClF3N. The van der Waals surface area contributed by atoms with E-state index in [1.807, 2.05) is 0 Å². The Morgan fingerprint density at radius 3 is 1.62 bits per heavy atom. The van der Waals surface area contributed by atoms with E-state index >= 15 is 0 Å². The zero-order valence-electron chi connectivity index (χ0n) is 4.20. The molecule has 0 saturated carbocycles. The molecule has 0 radical (unpaired) electrons. The van der Waals surface area contributed by atoms with Crippen molar-refractivity contribution in [2.75, 3.05) is 0 Å². The highest BCUT2D eigenvalue weighted by Gasteiger charge is 2.28. The molecule has 0 amide bonds. The molecule has 0 aliphatic rings. The number of alkyl halides is 3. The fraction of sp³-hybridized carbons (Fsp3) is 1.00. The third kappa shape index (κ3) is 4.21. The number of rotatable bonds is 1. The molecule has 0 aliphatic heterocycles. The molecule has 0 heterocycles. The molecule has 0 unspecified atom stereocenters. The molecule has 5 heteroatoms. The SMILES string of the molecule is C[C@@](N)(F)C(F)F.Cl. The van der Waals surface area contributed by atoms with Gasteiger partial charge in [0.15, 0.2) is 0 Å². The highest BCUT2D eigenvalue weighted by Crippen LogP contribution is 2.11. The third-order valence-corrected chi connectivity index (χ3v) is 0.427. The lowest BCUT2D eigenvalue weighted by Gasteiger charge is -2.10. The van der Waals surface area contributed by atoms with Crippen LogP contribution >= 0.6 is 12.4 Å². The smallest absolute Gasteiger partial charge is 0.284 e. The average molecular weight is 150 g/mol. The molecular weight excluding hydrogens is 142 g/mol. The Hall–Kier alpha value is 0.0400. The topological polar surface area (TPSA) is 26.0 Å². The summed E-state index contributed by atoms with van der Waals surface area (Å²) >= 11 is 0. The number of hydrogen-bond acceptors (Lipinski definition) is 1. The third-order valence-electron chi connectivity index (χ3n) is 0.427. The lowest BCUT2D eigenvalue weighted by Crippen LogP contribution is -2.38. The van der Waals surface area contributed by atoms with E-state index in [2.05, 4.69) is 5.73 Å². The van der Waals surface area contributed by atoms with E-state index in [1.165, 1.54) is 0 Å².